The Morgan fingerprint density at radius 1 is 1.12 bits per heavy atom. The molecule has 0 bridgehead atoms. The minimum absolute atomic E-state index is 0.0924. The van der Waals surface area contributed by atoms with Crippen LogP contribution in [0.2, 0.25) is 0 Å². The van der Waals surface area contributed by atoms with Crippen LogP contribution in [0, 0.1) is 13.8 Å². The summed E-state index contributed by atoms with van der Waals surface area (Å²) in [4.78, 5) is 16.3. The number of benzene rings is 2. The van der Waals surface area contributed by atoms with Crippen molar-refractivity contribution in [3.05, 3.63) is 65.0 Å². The van der Waals surface area contributed by atoms with Gasteiger partial charge in [-0.2, -0.15) is 0 Å². The first-order chi connectivity index (χ1) is 11.6. The number of amides is 1. The molecular weight excluding hydrogens is 300 g/mol. The molecule has 3 aromatic rings. The van der Waals surface area contributed by atoms with Crippen LogP contribution >= 0.6 is 0 Å². The molecule has 0 saturated carbocycles. The van der Waals surface area contributed by atoms with Crippen LogP contribution in [-0.4, -0.2) is 17.4 Å². The summed E-state index contributed by atoms with van der Waals surface area (Å²) in [5.74, 6) is 0.765. The van der Waals surface area contributed by atoms with E-state index >= 15 is 0 Å². The van der Waals surface area contributed by atoms with Crippen LogP contribution in [0.5, 0.6) is 0 Å². The molecule has 3 rings (SSSR count). The van der Waals surface area contributed by atoms with E-state index < -0.39 is 0 Å². The quantitative estimate of drug-likeness (QED) is 0.752. The van der Waals surface area contributed by atoms with E-state index in [1.165, 1.54) is 11.1 Å². The van der Waals surface area contributed by atoms with E-state index in [0.29, 0.717) is 18.9 Å². The van der Waals surface area contributed by atoms with E-state index in [1.807, 2.05) is 37.3 Å². The largest absolute Gasteiger partial charge is 0.441 e. The van der Waals surface area contributed by atoms with Gasteiger partial charge in [-0.1, -0.05) is 30.3 Å². The van der Waals surface area contributed by atoms with Gasteiger partial charge in [-0.25, -0.2) is 4.98 Å². The van der Waals surface area contributed by atoms with Crippen LogP contribution < -0.4 is 5.32 Å². The van der Waals surface area contributed by atoms with E-state index in [2.05, 4.69) is 29.4 Å². The summed E-state index contributed by atoms with van der Waals surface area (Å²) in [7, 11) is 0. The minimum Gasteiger partial charge on any atom is -0.441 e. The molecule has 0 spiro atoms. The molecule has 0 unspecified atom stereocenters. The second kappa shape index (κ2) is 7.30. The molecule has 4 heteroatoms. The molecule has 2 aromatic carbocycles. The molecule has 0 aliphatic heterocycles. The Morgan fingerprint density at radius 2 is 1.96 bits per heavy atom. The summed E-state index contributed by atoms with van der Waals surface area (Å²) in [6, 6.07) is 14.2. The maximum atomic E-state index is 12.0. The molecule has 124 valence electrons. The number of hydrogen-bond donors (Lipinski definition) is 1. The highest BCUT2D eigenvalue weighted by molar-refractivity contribution is 5.76. The van der Waals surface area contributed by atoms with Crippen LogP contribution in [0.4, 0.5) is 0 Å². The van der Waals surface area contributed by atoms with Crippen LogP contribution in [0.15, 0.2) is 46.9 Å². The van der Waals surface area contributed by atoms with Crippen molar-refractivity contribution in [1.29, 1.82) is 0 Å². The highest BCUT2D eigenvalue weighted by Gasteiger charge is 2.06. The van der Waals surface area contributed by atoms with Gasteiger partial charge in [-0.3, -0.25) is 4.79 Å². The highest BCUT2D eigenvalue weighted by atomic mass is 16.3. The lowest BCUT2D eigenvalue weighted by molar-refractivity contribution is -0.121. The Labute approximate surface area is 141 Å². The van der Waals surface area contributed by atoms with Crippen molar-refractivity contribution < 1.29 is 9.21 Å². The van der Waals surface area contributed by atoms with Gasteiger partial charge in [0.1, 0.15) is 5.52 Å². The number of nitrogens with one attached hydrogen (secondary N) is 1. The summed E-state index contributed by atoms with van der Waals surface area (Å²) >= 11 is 0. The lowest BCUT2D eigenvalue weighted by Crippen LogP contribution is -2.25. The second-order valence-electron chi connectivity index (χ2n) is 6.06. The molecule has 0 fully saturated rings. The van der Waals surface area contributed by atoms with Crippen LogP contribution in [0.3, 0.4) is 0 Å². The fourth-order valence-electron chi connectivity index (χ4n) is 2.81. The van der Waals surface area contributed by atoms with Crippen molar-refractivity contribution in [3.63, 3.8) is 0 Å². The maximum absolute atomic E-state index is 12.0. The molecule has 1 heterocycles. The SMILES string of the molecule is Cc1nc2ccc(CCNC(=O)CCc3ccccc3C)cc2o1. The first-order valence-electron chi connectivity index (χ1n) is 8.29. The van der Waals surface area contributed by atoms with Crippen molar-refractivity contribution in [2.24, 2.45) is 0 Å². The second-order valence-corrected chi connectivity index (χ2v) is 6.06. The predicted molar refractivity (Wildman–Crippen MR) is 95.0 cm³/mol. The van der Waals surface area contributed by atoms with Gasteiger partial charge in [0.05, 0.1) is 0 Å². The lowest BCUT2D eigenvalue weighted by atomic mass is 10.0. The molecular formula is C20H22N2O2. The number of carbonyl (C=O) groups is 1. The topological polar surface area (TPSA) is 55.1 Å². The molecule has 4 nitrogen and oxygen atoms in total. The van der Waals surface area contributed by atoms with Gasteiger partial charge >= 0.3 is 0 Å². The van der Waals surface area contributed by atoms with Crippen molar-refractivity contribution >= 4 is 17.0 Å². The minimum atomic E-state index is 0.0924. The van der Waals surface area contributed by atoms with Crippen LogP contribution in [-0.2, 0) is 17.6 Å². The smallest absolute Gasteiger partial charge is 0.220 e. The van der Waals surface area contributed by atoms with Gasteiger partial charge in [0.25, 0.3) is 0 Å². The highest BCUT2D eigenvalue weighted by Crippen LogP contribution is 2.17. The first kappa shape index (κ1) is 16.2. The summed E-state index contributed by atoms with van der Waals surface area (Å²) < 4.78 is 5.54. The van der Waals surface area contributed by atoms with Gasteiger partial charge in [0.2, 0.25) is 5.91 Å². The molecule has 1 aromatic heterocycles. The van der Waals surface area contributed by atoms with Crippen molar-refractivity contribution in [1.82, 2.24) is 10.3 Å². The summed E-state index contributed by atoms with van der Waals surface area (Å²) in [6.07, 6.45) is 2.08. The van der Waals surface area contributed by atoms with E-state index in [9.17, 15) is 4.79 Å². The Morgan fingerprint density at radius 3 is 2.79 bits per heavy atom. The first-order valence-corrected chi connectivity index (χ1v) is 8.29. The molecule has 1 amide bonds. The molecule has 0 radical (unpaired) electrons. The average molecular weight is 322 g/mol. The van der Waals surface area contributed by atoms with Crippen LogP contribution in [0.25, 0.3) is 11.1 Å². The number of hydrogen-bond acceptors (Lipinski definition) is 3. The summed E-state index contributed by atoms with van der Waals surface area (Å²) in [5.41, 5.74) is 5.28. The van der Waals surface area contributed by atoms with E-state index in [1.54, 1.807) is 0 Å². The Hall–Kier alpha value is -2.62. The number of aromatic nitrogens is 1. The average Bonchev–Trinajstić information content (AvgIpc) is 2.93. The molecule has 0 aliphatic rings. The van der Waals surface area contributed by atoms with Crippen molar-refractivity contribution in [2.75, 3.05) is 6.54 Å². The van der Waals surface area contributed by atoms with E-state index in [0.717, 1.165) is 29.5 Å². The molecule has 24 heavy (non-hydrogen) atoms. The number of fused-ring (bicyclic) bond motifs is 1. The van der Waals surface area contributed by atoms with Gasteiger partial charge in [0, 0.05) is 19.9 Å². The molecule has 0 saturated heterocycles. The summed E-state index contributed by atoms with van der Waals surface area (Å²) in [5, 5.41) is 2.99. The zero-order valence-electron chi connectivity index (χ0n) is 14.1. The van der Waals surface area contributed by atoms with Crippen LogP contribution in [0.1, 0.15) is 29.0 Å². The third-order valence-electron chi connectivity index (χ3n) is 4.18. The van der Waals surface area contributed by atoms with E-state index in [-0.39, 0.29) is 5.91 Å². The molecule has 1 N–H and O–H groups in total. The molecule has 0 atom stereocenters. The van der Waals surface area contributed by atoms with Crippen molar-refractivity contribution in [2.45, 2.75) is 33.1 Å². The fourth-order valence-corrected chi connectivity index (χ4v) is 2.81. The van der Waals surface area contributed by atoms with Crippen molar-refractivity contribution in [3.8, 4) is 0 Å². The lowest BCUT2D eigenvalue weighted by Gasteiger charge is -2.07. The molecule has 0 aliphatic carbocycles. The number of nitrogens with zero attached hydrogens (tertiary/aromatic N) is 1. The Balaban J connectivity index is 1.46. The predicted octanol–water partition coefficient (Wildman–Crippen LogP) is 3.74. The number of aryl methyl sites for hydroxylation is 3. The van der Waals surface area contributed by atoms with Gasteiger partial charge in [-0.05, 0) is 48.6 Å². The third-order valence-corrected chi connectivity index (χ3v) is 4.18. The monoisotopic (exact) mass is 322 g/mol. The number of carbonyl (C=O) groups excluding carboxylic acids is 1. The number of rotatable bonds is 6. The standard InChI is InChI=1S/C20H22N2O2/c1-14-5-3-4-6-17(14)8-10-20(23)21-12-11-16-7-9-18-19(13-16)24-15(2)22-18/h3-7,9,13H,8,10-12H2,1-2H3,(H,21,23). The Bertz CT molecular complexity index is 852. The zero-order chi connectivity index (χ0) is 16.9. The number of oxazole rings is 1. The fraction of sp³-hybridized carbons (Fsp3) is 0.300. The van der Waals surface area contributed by atoms with Gasteiger partial charge < -0.3 is 9.73 Å². The van der Waals surface area contributed by atoms with E-state index in [4.69, 9.17) is 4.42 Å². The normalized spacial score (nSPS) is 10.9. The zero-order valence-corrected chi connectivity index (χ0v) is 14.1. The van der Waals surface area contributed by atoms with Gasteiger partial charge in [0.15, 0.2) is 11.5 Å². The van der Waals surface area contributed by atoms with Gasteiger partial charge in [-0.15, -0.1) is 0 Å². The Kier molecular flexibility index (Phi) is 4.94. The third kappa shape index (κ3) is 4.02. The summed E-state index contributed by atoms with van der Waals surface area (Å²) in [6.45, 7) is 4.55. The maximum Gasteiger partial charge on any atom is 0.220 e.